The fourth-order valence-electron chi connectivity index (χ4n) is 18.5. The van der Waals surface area contributed by atoms with E-state index in [9.17, 15) is 96.7 Å². The number of carbonyl (C=O) groups is 1. The van der Waals surface area contributed by atoms with Gasteiger partial charge in [-0.1, -0.05) is 27.7 Å². The zero-order chi connectivity index (χ0) is 68.2. The maximum absolute atomic E-state index is 14.8. The minimum absolute atomic E-state index is 0.0533. The zero-order valence-electron chi connectivity index (χ0n) is 53.4. The third-order valence-corrected chi connectivity index (χ3v) is 24.1. The van der Waals surface area contributed by atoms with Crippen LogP contribution >= 0.6 is 0 Å². The monoisotopic (exact) mass is 1370 g/mol. The molecule has 8 aliphatic heterocycles. The van der Waals surface area contributed by atoms with Gasteiger partial charge in [0, 0.05) is 30.1 Å². The quantitative estimate of drug-likeness (QED) is 0.0602. The van der Waals surface area contributed by atoms with Gasteiger partial charge in [0.1, 0.15) is 146 Å². The van der Waals surface area contributed by atoms with Gasteiger partial charge in [0.15, 0.2) is 43.5 Å². The van der Waals surface area contributed by atoms with Crippen molar-refractivity contribution in [1.82, 2.24) is 0 Å². The van der Waals surface area contributed by atoms with Crippen LogP contribution in [0.15, 0.2) is 0 Å². The first-order valence-corrected chi connectivity index (χ1v) is 33.7. The van der Waals surface area contributed by atoms with Crippen LogP contribution in [0.5, 0.6) is 0 Å². The van der Waals surface area contributed by atoms with Gasteiger partial charge in [-0.2, -0.15) is 0 Å². The lowest BCUT2D eigenvalue weighted by Crippen LogP contribution is -2.68. The highest BCUT2D eigenvalue weighted by Crippen LogP contribution is 2.70. The van der Waals surface area contributed by atoms with Crippen LogP contribution in [0.3, 0.4) is 0 Å². The summed E-state index contributed by atoms with van der Waals surface area (Å²) in [7, 11) is 0. The molecule has 8 heterocycles. The Hall–Kier alpha value is -1.61. The summed E-state index contributed by atoms with van der Waals surface area (Å²) in [6.07, 6.45) is -49.0. The third kappa shape index (κ3) is 13.0. The van der Waals surface area contributed by atoms with Crippen LogP contribution in [0.2, 0.25) is 0 Å². The van der Waals surface area contributed by atoms with Crippen LogP contribution in [0.1, 0.15) is 85.5 Å². The highest BCUT2D eigenvalue weighted by Gasteiger charge is 2.72. The standard InChI is InChI=1S/C62H100O33/c1-21-7-10-62(83-19-21)22(2)36-29(95-62)12-27-25-6-5-23-11-24(8-9-60(23,3)26(25)13-35(69)61(27,36)4)84-55-46(79)42(75)51(34(18-67)88-55)92-59-53(94-57-45(78)41(74)38(71)31(15-64)86-57)52(39(72)32(16-65)87-59)93-54-48(81)49(28(68)20-82-54)90-58-47(80)43(76)50(33(17-66)89-58)91-56-44(77)40(73)37(70)30(14-63)85-56/h21-34,36-59,63-68,70-81H,5-20H2,1-4H3/t21?,22?,23?,24?,25?,26?,27?,28-,29?,30-,31-,32-,33-,34-,36?,37-,38-,39-,40+,41+,42-,43-,44-,45-,46-,47-,48-,49+,50-,51+,52+,53-,54+,55-,56+,57+,58+,59+,60?,61?,62?/m1/s1. The predicted octanol–water partition coefficient (Wildman–Crippen LogP) is -7.44. The molecule has 0 aromatic rings. The van der Waals surface area contributed by atoms with Crippen LogP contribution in [0.25, 0.3) is 0 Å². The molecule has 12 unspecified atom stereocenters. The molecule has 546 valence electrons. The van der Waals surface area contributed by atoms with Gasteiger partial charge in [-0.25, -0.2) is 0 Å². The van der Waals surface area contributed by atoms with Gasteiger partial charge in [-0.3, -0.25) is 4.79 Å². The van der Waals surface area contributed by atoms with E-state index in [0.29, 0.717) is 49.9 Å². The number of aliphatic hydroxyl groups excluding tert-OH is 18. The Kier molecular flexibility index (Phi) is 22.3. The molecule has 12 rings (SSSR count). The molecule has 18 N–H and O–H groups in total. The van der Waals surface area contributed by atoms with Gasteiger partial charge in [0.2, 0.25) is 0 Å². The number of ketones is 1. The molecule has 12 fully saturated rings. The van der Waals surface area contributed by atoms with Crippen molar-refractivity contribution in [2.45, 2.75) is 282 Å². The molecule has 4 saturated carbocycles. The number of carbonyl (C=O) groups excluding carboxylic acids is 1. The summed E-state index contributed by atoms with van der Waals surface area (Å²) in [5, 5.41) is 197. The molecule has 33 nitrogen and oxygen atoms in total. The van der Waals surface area contributed by atoms with Gasteiger partial charge >= 0.3 is 0 Å². The number of hydrogen-bond donors (Lipinski definition) is 18. The second-order valence-corrected chi connectivity index (χ2v) is 29.4. The summed E-state index contributed by atoms with van der Waals surface area (Å²) in [4.78, 5) is 14.8. The SMILES string of the molecule is CC1CCC2(OC1)OC1CC3C4CCC5CC(O[C@@H]6O[C@H](CO)[C@H](O[C@@H]7O[C@H](CO)[C@@H](O)[C@H](O[C@@H]8OC[C@@H](O)[C@H](O[C@@H]9O[C@H](CO)[C@@H](O[C@@H]%10O[C@H](CO)[C@@H](O)[C@H](O)[C@H]%10O)[C@H](O)[C@H]9O)[C@H]8O)[C@H]7O[C@@H]7O[C@H](CO)[C@@H](O)[C@H](O)[C@H]7O)[C@H](O)[C@H]6O)CCC5(C)C4CC(=O)C3(C)C1C2C. The molecular weight excluding hydrogens is 1270 g/mol. The van der Waals surface area contributed by atoms with Gasteiger partial charge in [0.05, 0.1) is 58.5 Å². The largest absolute Gasteiger partial charge is 0.394 e. The molecule has 1 spiro atoms. The first-order valence-electron chi connectivity index (χ1n) is 33.7. The average molecular weight is 1370 g/mol. The molecule has 0 radical (unpaired) electrons. The van der Waals surface area contributed by atoms with E-state index in [1.807, 2.05) is 0 Å². The summed E-state index contributed by atoms with van der Waals surface area (Å²) in [5.74, 6) is 0.993. The van der Waals surface area contributed by atoms with E-state index in [-0.39, 0.29) is 41.1 Å². The van der Waals surface area contributed by atoms with Crippen molar-refractivity contribution in [3.05, 3.63) is 0 Å². The lowest BCUT2D eigenvalue weighted by Gasteiger charge is -2.60. The number of hydrogen-bond acceptors (Lipinski definition) is 33. The number of aliphatic hydroxyl groups is 18. The van der Waals surface area contributed by atoms with E-state index in [1.54, 1.807) is 0 Å². The van der Waals surface area contributed by atoms with Crippen LogP contribution in [0, 0.1) is 52.3 Å². The Labute approximate surface area is 547 Å². The van der Waals surface area contributed by atoms with E-state index in [0.717, 1.165) is 32.1 Å². The second kappa shape index (κ2) is 28.9. The van der Waals surface area contributed by atoms with Crippen molar-refractivity contribution in [3.63, 3.8) is 0 Å². The van der Waals surface area contributed by atoms with Crippen LogP contribution < -0.4 is 0 Å². The van der Waals surface area contributed by atoms with Gasteiger partial charge in [-0.05, 0) is 80.0 Å². The smallest absolute Gasteiger partial charge is 0.187 e. The molecule has 0 bridgehead atoms. The number of fused-ring (bicyclic) bond motifs is 7. The molecule has 0 aromatic carbocycles. The Morgan fingerprint density at radius 1 is 0.453 bits per heavy atom. The zero-order valence-corrected chi connectivity index (χ0v) is 53.4. The van der Waals surface area contributed by atoms with Crippen LogP contribution in [-0.4, -0.2) is 340 Å². The minimum atomic E-state index is -2.20. The molecule has 12 aliphatic rings. The van der Waals surface area contributed by atoms with E-state index in [1.165, 1.54) is 0 Å². The van der Waals surface area contributed by atoms with E-state index >= 15 is 0 Å². The van der Waals surface area contributed by atoms with Crippen LogP contribution in [0.4, 0.5) is 0 Å². The van der Waals surface area contributed by atoms with Crippen molar-refractivity contribution >= 4 is 5.78 Å². The van der Waals surface area contributed by atoms with Crippen molar-refractivity contribution in [1.29, 1.82) is 0 Å². The highest BCUT2D eigenvalue weighted by molar-refractivity contribution is 5.87. The van der Waals surface area contributed by atoms with Crippen LogP contribution in [-0.2, 0) is 71.1 Å². The Bertz CT molecular complexity index is 2550. The van der Waals surface area contributed by atoms with E-state index in [2.05, 4.69) is 27.7 Å². The summed E-state index contributed by atoms with van der Waals surface area (Å²) in [5.41, 5.74) is -0.739. The lowest BCUT2D eigenvalue weighted by atomic mass is 9.44. The molecular formula is C62H100O33. The molecule has 95 heavy (non-hydrogen) atoms. The van der Waals surface area contributed by atoms with Crippen molar-refractivity contribution in [2.24, 2.45) is 52.3 Å². The number of rotatable bonds is 17. The average Bonchev–Trinajstić information content (AvgIpc) is 1.56. The third-order valence-electron chi connectivity index (χ3n) is 24.1. The van der Waals surface area contributed by atoms with Crippen molar-refractivity contribution in [2.75, 3.05) is 46.2 Å². The Morgan fingerprint density at radius 2 is 0.947 bits per heavy atom. The number of Topliss-reactive ketones (excluding diaryl/α,β-unsaturated/α-hetero) is 1. The first-order chi connectivity index (χ1) is 45.2. The van der Waals surface area contributed by atoms with Crippen molar-refractivity contribution < 1.29 is 163 Å². The van der Waals surface area contributed by atoms with E-state index < -0.39 is 235 Å². The van der Waals surface area contributed by atoms with Gasteiger partial charge in [-0.15, -0.1) is 0 Å². The summed E-state index contributed by atoms with van der Waals surface area (Å²) >= 11 is 0. The minimum Gasteiger partial charge on any atom is -0.394 e. The maximum Gasteiger partial charge on any atom is 0.187 e. The Balaban J connectivity index is 0.724. The van der Waals surface area contributed by atoms with E-state index in [4.69, 9.17) is 66.3 Å². The molecule has 33 heteroatoms. The second-order valence-electron chi connectivity index (χ2n) is 29.4. The fraction of sp³-hybridized carbons (Fsp3) is 0.984. The molecule has 0 aromatic heterocycles. The van der Waals surface area contributed by atoms with Crippen molar-refractivity contribution in [3.8, 4) is 0 Å². The normalized spacial score (nSPS) is 56.5. The maximum atomic E-state index is 14.8. The van der Waals surface area contributed by atoms with Gasteiger partial charge < -0.3 is 158 Å². The molecule has 4 aliphatic carbocycles. The summed E-state index contributed by atoms with van der Waals surface area (Å²) < 4.78 is 84.7. The fourth-order valence-corrected chi connectivity index (χ4v) is 18.5. The van der Waals surface area contributed by atoms with Gasteiger partial charge in [0.25, 0.3) is 0 Å². The molecule has 0 amide bonds. The molecule has 41 atom stereocenters. The Morgan fingerprint density at radius 3 is 1.51 bits per heavy atom. The lowest BCUT2D eigenvalue weighted by molar-refractivity contribution is -0.407. The topological polar surface area (TPSA) is 510 Å². The summed E-state index contributed by atoms with van der Waals surface area (Å²) in [6, 6.07) is 0. The number of ether oxygens (including phenoxy) is 14. The highest BCUT2D eigenvalue weighted by atomic mass is 16.8. The first kappa shape index (κ1) is 73.2. The molecule has 8 saturated heterocycles. The predicted molar refractivity (Wildman–Crippen MR) is 308 cm³/mol. The summed E-state index contributed by atoms with van der Waals surface area (Å²) in [6.45, 7) is 4.08.